The Morgan fingerprint density at radius 2 is 1.67 bits per heavy atom. The molecule has 0 unspecified atom stereocenters. The van der Waals surface area contributed by atoms with Gasteiger partial charge in [-0.25, -0.2) is 8.42 Å². The third kappa shape index (κ3) is 3.39. The average molecular weight is 369 g/mol. The molecule has 0 aromatic heterocycles. The van der Waals surface area contributed by atoms with Crippen LogP contribution in [-0.4, -0.2) is 8.42 Å². The van der Waals surface area contributed by atoms with E-state index in [1.165, 1.54) is 0 Å². The minimum Gasteiger partial charge on any atom is -0.398 e. The summed E-state index contributed by atoms with van der Waals surface area (Å²) in [6.45, 7) is 5.69. The Morgan fingerprint density at radius 1 is 1.05 bits per heavy atom. The largest absolute Gasteiger partial charge is 0.398 e. The molecular formula is C15H17BrN2O2S. The van der Waals surface area contributed by atoms with Crippen LogP contribution in [0, 0.1) is 20.8 Å². The van der Waals surface area contributed by atoms with Crippen molar-refractivity contribution in [2.75, 3.05) is 10.5 Å². The lowest BCUT2D eigenvalue weighted by Gasteiger charge is -2.13. The zero-order valence-corrected chi connectivity index (χ0v) is 14.5. The molecule has 0 aliphatic carbocycles. The third-order valence-corrected chi connectivity index (χ3v) is 5.36. The van der Waals surface area contributed by atoms with Crippen LogP contribution in [0.4, 0.5) is 11.4 Å². The van der Waals surface area contributed by atoms with Crippen molar-refractivity contribution < 1.29 is 8.42 Å². The lowest BCUT2D eigenvalue weighted by molar-refractivity contribution is 0.601. The first-order chi connectivity index (χ1) is 9.70. The normalized spacial score (nSPS) is 11.4. The summed E-state index contributed by atoms with van der Waals surface area (Å²) in [4.78, 5) is 0.0954. The molecule has 0 heterocycles. The van der Waals surface area contributed by atoms with Gasteiger partial charge in [-0.05, 0) is 77.7 Å². The molecule has 0 atom stereocenters. The van der Waals surface area contributed by atoms with Crippen LogP contribution in [0.2, 0.25) is 0 Å². The summed E-state index contributed by atoms with van der Waals surface area (Å²) < 4.78 is 28.3. The SMILES string of the molecule is Cc1ccc(NS(=O)(=O)c2cc(C)c(C)cc2N)c(Br)c1. The van der Waals surface area contributed by atoms with E-state index in [4.69, 9.17) is 5.73 Å². The van der Waals surface area contributed by atoms with Crippen molar-refractivity contribution in [3.05, 3.63) is 51.5 Å². The average Bonchev–Trinajstić information content (AvgIpc) is 2.37. The van der Waals surface area contributed by atoms with Crippen LogP contribution in [0.3, 0.4) is 0 Å². The van der Waals surface area contributed by atoms with Crippen LogP contribution in [0.25, 0.3) is 0 Å². The van der Waals surface area contributed by atoms with E-state index in [2.05, 4.69) is 20.7 Å². The highest BCUT2D eigenvalue weighted by atomic mass is 79.9. The molecule has 0 spiro atoms. The molecule has 6 heteroatoms. The number of rotatable bonds is 3. The lowest BCUT2D eigenvalue weighted by atomic mass is 10.1. The summed E-state index contributed by atoms with van der Waals surface area (Å²) in [5, 5.41) is 0. The van der Waals surface area contributed by atoms with Crippen molar-refractivity contribution >= 4 is 37.3 Å². The number of sulfonamides is 1. The van der Waals surface area contributed by atoms with E-state index in [9.17, 15) is 8.42 Å². The van der Waals surface area contributed by atoms with E-state index in [1.54, 1.807) is 18.2 Å². The number of benzene rings is 2. The van der Waals surface area contributed by atoms with Crippen molar-refractivity contribution in [2.45, 2.75) is 25.7 Å². The molecule has 0 bridgehead atoms. The molecule has 2 aromatic carbocycles. The zero-order chi connectivity index (χ0) is 15.8. The fraction of sp³-hybridized carbons (Fsp3) is 0.200. The molecule has 112 valence electrons. The predicted molar refractivity (Wildman–Crippen MR) is 90.0 cm³/mol. The van der Waals surface area contributed by atoms with Gasteiger partial charge in [0.2, 0.25) is 0 Å². The fourth-order valence-electron chi connectivity index (χ4n) is 1.95. The van der Waals surface area contributed by atoms with Crippen molar-refractivity contribution in [1.82, 2.24) is 0 Å². The number of nitrogens with two attached hydrogens (primary N) is 1. The second-order valence-electron chi connectivity index (χ2n) is 5.06. The summed E-state index contributed by atoms with van der Waals surface area (Å²) in [6, 6.07) is 8.67. The Labute approximate surface area is 133 Å². The van der Waals surface area contributed by atoms with Gasteiger partial charge in [-0.2, -0.15) is 0 Å². The fourth-order valence-corrected chi connectivity index (χ4v) is 3.95. The third-order valence-electron chi connectivity index (χ3n) is 3.28. The van der Waals surface area contributed by atoms with Crippen LogP contribution in [0.1, 0.15) is 16.7 Å². The Kier molecular flexibility index (Phi) is 4.30. The van der Waals surface area contributed by atoms with Gasteiger partial charge in [0.15, 0.2) is 0 Å². The molecule has 0 radical (unpaired) electrons. The van der Waals surface area contributed by atoms with E-state index in [0.29, 0.717) is 10.2 Å². The molecule has 0 aliphatic rings. The molecule has 21 heavy (non-hydrogen) atoms. The van der Waals surface area contributed by atoms with Crippen LogP contribution in [0.5, 0.6) is 0 Å². The van der Waals surface area contributed by atoms with Crippen LogP contribution in [-0.2, 0) is 10.0 Å². The van der Waals surface area contributed by atoms with Crippen molar-refractivity contribution in [2.24, 2.45) is 0 Å². The first-order valence-corrected chi connectivity index (χ1v) is 8.64. The van der Waals surface area contributed by atoms with E-state index >= 15 is 0 Å². The summed E-state index contributed by atoms with van der Waals surface area (Å²) in [5.74, 6) is 0. The Bertz CT molecular complexity index is 802. The molecular weight excluding hydrogens is 352 g/mol. The predicted octanol–water partition coefficient (Wildman–Crippen LogP) is 3.76. The molecule has 0 aliphatic heterocycles. The van der Waals surface area contributed by atoms with Crippen LogP contribution >= 0.6 is 15.9 Å². The highest BCUT2D eigenvalue weighted by molar-refractivity contribution is 9.10. The summed E-state index contributed by atoms with van der Waals surface area (Å²) in [6.07, 6.45) is 0. The minimum absolute atomic E-state index is 0.0954. The molecule has 3 N–H and O–H groups in total. The standard InChI is InChI=1S/C15H17BrN2O2S/c1-9-4-5-14(12(16)6-9)18-21(19,20)15-8-11(3)10(2)7-13(15)17/h4-8,18H,17H2,1-3H3. The van der Waals surface area contributed by atoms with Gasteiger partial charge < -0.3 is 5.73 Å². The summed E-state index contributed by atoms with van der Waals surface area (Å²) in [5.41, 5.74) is 9.47. The number of nitrogens with one attached hydrogen (secondary N) is 1. The zero-order valence-electron chi connectivity index (χ0n) is 12.1. The lowest BCUT2D eigenvalue weighted by Crippen LogP contribution is -2.15. The van der Waals surface area contributed by atoms with Gasteiger partial charge in [0.05, 0.1) is 11.4 Å². The minimum atomic E-state index is -3.72. The van der Waals surface area contributed by atoms with E-state index in [1.807, 2.05) is 32.9 Å². The van der Waals surface area contributed by atoms with Gasteiger partial charge in [-0.1, -0.05) is 6.07 Å². The first kappa shape index (κ1) is 15.9. The molecule has 0 saturated heterocycles. The van der Waals surface area contributed by atoms with Crippen LogP contribution < -0.4 is 10.5 Å². The highest BCUT2D eigenvalue weighted by Gasteiger charge is 2.19. The Hall–Kier alpha value is -1.53. The molecule has 0 saturated carbocycles. The van der Waals surface area contributed by atoms with Gasteiger partial charge in [0, 0.05) is 4.47 Å². The number of aryl methyl sites for hydroxylation is 3. The molecule has 4 nitrogen and oxygen atoms in total. The number of hydrogen-bond acceptors (Lipinski definition) is 3. The number of anilines is 2. The number of hydrogen-bond donors (Lipinski definition) is 2. The Balaban J connectivity index is 2.46. The molecule has 2 aromatic rings. The van der Waals surface area contributed by atoms with Gasteiger partial charge >= 0.3 is 0 Å². The number of nitrogen functional groups attached to an aromatic ring is 1. The maximum Gasteiger partial charge on any atom is 0.263 e. The Morgan fingerprint density at radius 3 is 2.29 bits per heavy atom. The summed E-state index contributed by atoms with van der Waals surface area (Å²) >= 11 is 3.36. The molecule has 0 amide bonds. The van der Waals surface area contributed by atoms with Gasteiger partial charge in [-0.3, -0.25) is 4.72 Å². The molecule has 0 fully saturated rings. The highest BCUT2D eigenvalue weighted by Crippen LogP contribution is 2.29. The van der Waals surface area contributed by atoms with Crippen LogP contribution in [0.15, 0.2) is 39.7 Å². The second kappa shape index (κ2) is 5.69. The van der Waals surface area contributed by atoms with Gasteiger partial charge in [0.1, 0.15) is 4.90 Å². The summed E-state index contributed by atoms with van der Waals surface area (Å²) in [7, 11) is -3.72. The maximum atomic E-state index is 12.5. The van der Waals surface area contributed by atoms with Gasteiger partial charge in [0.25, 0.3) is 10.0 Å². The van der Waals surface area contributed by atoms with Crippen molar-refractivity contribution in [1.29, 1.82) is 0 Å². The van der Waals surface area contributed by atoms with Crippen molar-refractivity contribution in [3.63, 3.8) is 0 Å². The smallest absolute Gasteiger partial charge is 0.263 e. The quantitative estimate of drug-likeness (QED) is 0.810. The topological polar surface area (TPSA) is 72.2 Å². The maximum absolute atomic E-state index is 12.5. The van der Waals surface area contributed by atoms with E-state index in [-0.39, 0.29) is 10.6 Å². The first-order valence-electron chi connectivity index (χ1n) is 6.36. The molecule has 2 rings (SSSR count). The van der Waals surface area contributed by atoms with E-state index < -0.39 is 10.0 Å². The monoisotopic (exact) mass is 368 g/mol. The second-order valence-corrected chi connectivity index (χ2v) is 7.57. The van der Waals surface area contributed by atoms with E-state index in [0.717, 1.165) is 16.7 Å². The number of halogens is 1. The van der Waals surface area contributed by atoms with Gasteiger partial charge in [-0.15, -0.1) is 0 Å². The van der Waals surface area contributed by atoms with Crippen molar-refractivity contribution in [3.8, 4) is 0 Å².